The number of benzene rings is 2. The second kappa shape index (κ2) is 6.55. The standard InChI is InChI=1S/C18H16N2O4/c1-11(12-6-8-13(9-7-12)17(21)20-23)19-18(22)16-10-14-4-2-3-5-15(14)24-16/h2-11,23H,1H3,(H,19,22)(H,20,21)/t11-/m1/s1. The van der Waals surface area contributed by atoms with Crippen molar-refractivity contribution in [2.24, 2.45) is 0 Å². The SMILES string of the molecule is C[C@@H](NC(=O)c1cc2ccccc2o1)c1ccc(C(=O)NO)cc1. The van der Waals surface area contributed by atoms with Crippen LogP contribution in [0.25, 0.3) is 11.0 Å². The highest BCUT2D eigenvalue weighted by molar-refractivity contribution is 5.96. The van der Waals surface area contributed by atoms with Crippen molar-refractivity contribution in [3.8, 4) is 0 Å². The molecule has 0 fully saturated rings. The highest BCUT2D eigenvalue weighted by Crippen LogP contribution is 2.20. The van der Waals surface area contributed by atoms with Gasteiger partial charge in [0.05, 0.1) is 6.04 Å². The smallest absolute Gasteiger partial charge is 0.287 e. The number of carbonyl (C=O) groups excluding carboxylic acids is 2. The quantitative estimate of drug-likeness (QED) is 0.508. The van der Waals surface area contributed by atoms with Gasteiger partial charge >= 0.3 is 0 Å². The Morgan fingerprint density at radius 2 is 1.75 bits per heavy atom. The van der Waals surface area contributed by atoms with Crippen LogP contribution in [0.3, 0.4) is 0 Å². The molecule has 0 unspecified atom stereocenters. The van der Waals surface area contributed by atoms with Crippen molar-refractivity contribution >= 4 is 22.8 Å². The Bertz CT molecular complexity index is 850. The van der Waals surface area contributed by atoms with E-state index in [0.717, 1.165) is 10.9 Å². The van der Waals surface area contributed by atoms with Crippen molar-refractivity contribution in [2.75, 3.05) is 0 Å². The second-order valence-electron chi connectivity index (χ2n) is 5.41. The van der Waals surface area contributed by atoms with Gasteiger partial charge in [-0.05, 0) is 36.8 Å². The summed E-state index contributed by atoms with van der Waals surface area (Å²) in [4.78, 5) is 23.6. The van der Waals surface area contributed by atoms with E-state index in [2.05, 4.69) is 5.32 Å². The molecule has 122 valence electrons. The van der Waals surface area contributed by atoms with E-state index in [4.69, 9.17) is 9.62 Å². The van der Waals surface area contributed by atoms with Gasteiger partial charge in [0.25, 0.3) is 11.8 Å². The molecule has 0 aliphatic heterocycles. The van der Waals surface area contributed by atoms with Gasteiger partial charge in [-0.1, -0.05) is 30.3 Å². The summed E-state index contributed by atoms with van der Waals surface area (Å²) in [5.41, 5.74) is 3.40. The average Bonchev–Trinajstić information content (AvgIpc) is 3.05. The van der Waals surface area contributed by atoms with E-state index in [0.29, 0.717) is 11.1 Å². The largest absolute Gasteiger partial charge is 0.451 e. The van der Waals surface area contributed by atoms with Crippen molar-refractivity contribution in [3.63, 3.8) is 0 Å². The Morgan fingerprint density at radius 1 is 1.04 bits per heavy atom. The monoisotopic (exact) mass is 324 g/mol. The van der Waals surface area contributed by atoms with Crippen molar-refractivity contribution in [2.45, 2.75) is 13.0 Å². The molecule has 1 aromatic heterocycles. The second-order valence-corrected chi connectivity index (χ2v) is 5.41. The molecule has 2 amide bonds. The van der Waals surface area contributed by atoms with Gasteiger partial charge in [0.2, 0.25) is 0 Å². The maximum atomic E-state index is 12.3. The molecule has 0 aliphatic carbocycles. The van der Waals surface area contributed by atoms with Crippen LogP contribution in [0, 0.1) is 0 Å². The first-order valence-electron chi connectivity index (χ1n) is 7.42. The van der Waals surface area contributed by atoms with Gasteiger partial charge in [-0.2, -0.15) is 0 Å². The summed E-state index contributed by atoms with van der Waals surface area (Å²) >= 11 is 0. The van der Waals surface area contributed by atoms with Crippen LogP contribution >= 0.6 is 0 Å². The normalized spacial score (nSPS) is 11.9. The molecule has 6 nitrogen and oxygen atoms in total. The van der Waals surface area contributed by atoms with E-state index in [9.17, 15) is 9.59 Å². The number of para-hydroxylation sites is 1. The van der Waals surface area contributed by atoms with Crippen molar-refractivity contribution in [1.29, 1.82) is 0 Å². The highest BCUT2D eigenvalue weighted by atomic mass is 16.5. The predicted molar refractivity (Wildman–Crippen MR) is 87.8 cm³/mol. The fraction of sp³-hybridized carbons (Fsp3) is 0.111. The van der Waals surface area contributed by atoms with Gasteiger partial charge < -0.3 is 9.73 Å². The Morgan fingerprint density at radius 3 is 2.42 bits per heavy atom. The Hall–Kier alpha value is -3.12. The lowest BCUT2D eigenvalue weighted by atomic mass is 10.1. The number of carbonyl (C=O) groups is 2. The summed E-state index contributed by atoms with van der Waals surface area (Å²) in [5.74, 6) is -0.643. The van der Waals surface area contributed by atoms with E-state index in [1.54, 1.807) is 41.9 Å². The Balaban J connectivity index is 1.72. The summed E-state index contributed by atoms with van der Waals surface area (Å²) in [6.07, 6.45) is 0. The Labute approximate surface area is 138 Å². The minimum Gasteiger partial charge on any atom is -0.451 e. The third-order valence-corrected chi connectivity index (χ3v) is 3.77. The van der Waals surface area contributed by atoms with E-state index in [1.807, 2.05) is 25.1 Å². The molecule has 0 saturated carbocycles. The van der Waals surface area contributed by atoms with E-state index < -0.39 is 5.91 Å². The summed E-state index contributed by atoms with van der Waals surface area (Å²) in [5, 5.41) is 12.3. The van der Waals surface area contributed by atoms with Crippen LogP contribution in [-0.2, 0) is 0 Å². The highest BCUT2D eigenvalue weighted by Gasteiger charge is 2.16. The zero-order chi connectivity index (χ0) is 17.1. The average molecular weight is 324 g/mol. The van der Waals surface area contributed by atoms with Crippen LogP contribution in [0.2, 0.25) is 0 Å². The lowest BCUT2D eigenvalue weighted by molar-refractivity contribution is 0.0706. The van der Waals surface area contributed by atoms with Crippen LogP contribution in [-0.4, -0.2) is 17.0 Å². The van der Waals surface area contributed by atoms with Gasteiger partial charge in [-0.15, -0.1) is 0 Å². The molecule has 0 aliphatic rings. The molecule has 24 heavy (non-hydrogen) atoms. The van der Waals surface area contributed by atoms with Crippen molar-refractivity contribution in [3.05, 3.63) is 71.5 Å². The van der Waals surface area contributed by atoms with Gasteiger partial charge in [0, 0.05) is 10.9 Å². The first-order valence-corrected chi connectivity index (χ1v) is 7.42. The molecule has 1 atom stereocenters. The molecule has 3 N–H and O–H groups in total. The summed E-state index contributed by atoms with van der Waals surface area (Å²) in [6.45, 7) is 1.83. The fourth-order valence-electron chi connectivity index (χ4n) is 2.43. The predicted octanol–water partition coefficient (Wildman–Crippen LogP) is 3.04. The van der Waals surface area contributed by atoms with Gasteiger partial charge in [-0.3, -0.25) is 14.8 Å². The molecule has 1 heterocycles. The van der Waals surface area contributed by atoms with Gasteiger partial charge in [0.15, 0.2) is 5.76 Å². The van der Waals surface area contributed by atoms with Crippen LogP contribution in [0.4, 0.5) is 0 Å². The molecule has 0 spiro atoms. The van der Waals surface area contributed by atoms with E-state index in [1.165, 1.54) is 0 Å². The van der Waals surface area contributed by atoms with Crippen LogP contribution in [0.5, 0.6) is 0 Å². The number of amides is 2. The summed E-state index contributed by atoms with van der Waals surface area (Å²) in [7, 11) is 0. The Kier molecular flexibility index (Phi) is 4.31. The zero-order valence-corrected chi connectivity index (χ0v) is 12.9. The first kappa shape index (κ1) is 15.8. The summed E-state index contributed by atoms with van der Waals surface area (Å²) < 4.78 is 5.54. The van der Waals surface area contributed by atoms with Crippen molar-refractivity contribution in [1.82, 2.24) is 10.8 Å². The van der Waals surface area contributed by atoms with Crippen molar-refractivity contribution < 1.29 is 19.2 Å². The minimum absolute atomic E-state index is 0.249. The maximum Gasteiger partial charge on any atom is 0.287 e. The maximum absolute atomic E-state index is 12.3. The van der Waals surface area contributed by atoms with Gasteiger partial charge in [-0.25, -0.2) is 5.48 Å². The fourth-order valence-corrected chi connectivity index (χ4v) is 2.43. The number of hydroxylamine groups is 1. The molecule has 6 heteroatoms. The molecule has 0 radical (unpaired) electrons. The van der Waals surface area contributed by atoms with Gasteiger partial charge in [0.1, 0.15) is 5.58 Å². The number of fused-ring (bicyclic) bond motifs is 1. The number of hydrogen-bond acceptors (Lipinski definition) is 4. The number of rotatable bonds is 4. The molecule has 3 rings (SSSR count). The van der Waals surface area contributed by atoms with E-state index in [-0.39, 0.29) is 17.7 Å². The number of nitrogens with one attached hydrogen (secondary N) is 2. The third kappa shape index (κ3) is 3.13. The molecule has 0 saturated heterocycles. The molecule has 2 aromatic carbocycles. The number of furan rings is 1. The zero-order valence-electron chi connectivity index (χ0n) is 12.9. The van der Waals surface area contributed by atoms with Crippen LogP contribution < -0.4 is 10.8 Å². The minimum atomic E-state index is -0.583. The molecular formula is C18H16N2O4. The lowest BCUT2D eigenvalue weighted by Crippen LogP contribution is -2.26. The molecule has 0 bridgehead atoms. The topological polar surface area (TPSA) is 91.6 Å². The first-order chi connectivity index (χ1) is 11.6. The number of hydrogen-bond donors (Lipinski definition) is 3. The molecule has 3 aromatic rings. The lowest BCUT2D eigenvalue weighted by Gasteiger charge is -2.13. The summed E-state index contributed by atoms with van der Waals surface area (Å²) in [6, 6.07) is 15.4. The third-order valence-electron chi connectivity index (χ3n) is 3.77. The van der Waals surface area contributed by atoms with Crippen LogP contribution in [0.15, 0.2) is 59.0 Å². The molecular weight excluding hydrogens is 308 g/mol. The van der Waals surface area contributed by atoms with Crippen LogP contribution in [0.1, 0.15) is 39.4 Å². The van der Waals surface area contributed by atoms with E-state index >= 15 is 0 Å².